The zero-order valence-electron chi connectivity index (χ0n) is 18.4. The normalized spacial score (nSPS) is 10.7. The minimum absolute atomic E-state index is 0.134. The monoisotopic (exact) mass is 460 g/mol. The Kier molecular flexibility index (Phi) is 6.95. The van der Waals surface area contributed by atoms with Crippen molar-refractivity contribution in [3.63, 3.8) is 0 Å². The predicted molar refractivity (Wildman–Crippen MR) is 129 cm³/mol. The maximum absolute atomic E-state index is 13.0. The van der Waals surface area contributed by atoms with E-state index in [4.69, 9.17) is 4.42 Å². The minimum Gasteiger partial charge on any atom is -0.467 e. The van der Waals surface area contributed by atoms with E-state index in [0.29, 0.717) is 17.0 Å². The van der Waals surface area contributed by atoms with E-state index in [1.165, 1.54) is 16.7 Å². The summed E-state index contributed by atoms with van der Waals surface area (Å²) in [5.41, 5.74) is 3.11. The summed E-state index contributed by atoms with van der Waals surface area (Å²) >= 11 is 1.36. The van der Waals surface area contributed by atoms with Gasteiger partial charge in [-0.2, -0.15) is 0 Å². The van der Waals surface area contributed by atoms with Crippen molar-refractivity contribution in [2.24, 2.45) is 0 Å². The molecule has 7 nitrogen and oxygen atoms in total. The Bertz CT molecular complexity index is 1250. The van der Waals surface area contributed by atoms with Gasteiger partial charge in [-0.1, -0.05) is 42.1 Å². The van der Waals surface area contributed by atoms with Gasteiger partial charge in [0.15, 0.2) is 5.16 Å². The molecule has 0 unspecified atom stereocenters. The van der Waals surface area contributed by atoms with E-state index in [9.17, 15) is 9.59 Å². The summed E-state index contributed by atoms with van der Waals surface area (Å²) in [6.45, 7) is 2.31. The van der Waals surface area contributed by atoms with Crippen LogP contribution in [0.5, 0.6) is 0 Å². The van der Waals surface area contributed by atoms with Gasteiger partial charge in [0.05, 0.1) is 35.5 Å². The molecule has 0 bridgehead atoms. The fourth-order valence-electron chi connectivity index (χ4n) is 3.40. The largest absolute Gasteiger partial charge is 0.467 e. The number of aryl methyl sites for hydroxylation is 1. The van der Waals surface area contributed by atoms with Crippen molar-refractivity contribution >= 4 is 29.3 Å². The second-order valence-corrected chi connectivity index (χ2v) is 8.33. The Morgan fingerprint density at radius 2 is 1.88 bits per heavy atom. The van der Waals surface area contributed by atoms with Crippen LogP contribution in [-0.4, -0.2) is 34.2 Å². The van der Waals surface area contributed by atoms with Crippen LogP contribution in [0.2, 0.25) is 0 Å². The number of carbonyl (C=O) groups excluding carboxylic acids is 2. The van der Waals surface area contributed by atoms with Crippen molar-refractivity contribution in [1.29, 1.82) is 0 Å². The van der Waals surface area contributed by atoms with Crippen LogP contribution < -0.4 is 10.2 Å². The van der Waals surface area contributed by atoms with Crippen LogP contribution >= 0.6 is 11.8 Å². The van der Waals surface area contributed by atoms with Gasteiger partial charge in [-0.05, 0) is 42.8 Å². The lowest BCUT2D eigenvalue weighted by atomic mass is 10.1. The average molecular weight is 461 g/mol. The third kappa shape index (κ3) is 5.18. The number of amides is 2. The topological polar surface area (TPSA) is 80.4 Å². The molecule has 168 valence electrons. The number of hydrogen-bond acceptors (Lipinski definition) is 5. The lowest BCUT2D eigenvalue weighted by Gasteiger charge is -2.20. The summed E-state index contributed by atoms with van der Waals surface area (Å²) in [6, 6.07) is 18.6. The number of para-hydroxylation sites is 2. The van der Waals surface area contributed by atoms with Gasteiger partial charge in [-0.25, -0.2) is 4.98 Å². The zero-order valence-corrected chi connectivity index (χ0v) is 19.2. The molecule has 4 aromatic rings. The van der Waals surface area contributed by atoms with E-state index in [2.05, 4.69) is 10.3 Å². The number of benzene rings is 2. The van der Waals surface area contributed by atoms with Crippen LogP contribution in [0.1, 0.15) is 21.7 Å². The third-order valence-corrected chi connectivity index (χ3v) is 6.15. The second-order valence-electron chi connectivity index (χ2n) is 7.39. The molecule has 2 heterocycles. The summed E-state index contributed by atoms with van der Waals surface area (Å²) in [6.07, 6.45) is 5.17. The number of rotatable bonds is 8. The average Bonchev–Trinajstić information content (AvgIpc) is 3.53. The molecule has 0 aliphatic carbocycles. The van der Waals surface area contributed by atoms with Crippen molar-refractivity contribution < 1.29 is 14.0 Å². The Morgan fingerprint density at radius 3 is 2.67 bits per heavy atom. The molecular weight excluding hydrogens is 436 g/mol. The van der Waals surface area contributed by atoms with Crippen LogP contribution in [0.4, 0.5) is 5.69 Å². The quantitative estimate of drug-likeness (QED) is 0.393. The first-order valence-electron chi connectivity index (χ1n) is 10.4. The number of carbonyl (C=O) groups is 2. The lowest BCUT2D eigenvalue weighted by molar-refractivity contribution is -0.115. The second kappa shape index (κ2) is 10.2. The minimum atomic E-state index is -0.274. The van der Waals surface area contributed by atoms with Gasteiger partial charge in [0, 0.05) is 19.4 Å². The summed E-state index contributed by atoms with van der Waals surface area (Å²) in [4.78, 5) is 31.7. The molecule has 0 aliphatic heterocycles. The molecule has 0 fully saturated rings. The molecule has 0 atom stereocenters. The van der Waals surface area contributed by atoms with E-state index in [1.807, 2.05) is 42.0 Å². The summed E-state index contributed by atoms with van der Waals surface area (Å²) in [5, 5.41) is 3.56. The van der Waals surface area contributed by atoms with Gasteiger partial charge in [-0.15, -0.1) is 0 Å². The maximum atomic E-state index is 13.0. The van der Waals surface area contributed by atoms with Crippen LogP contribution in [0.25, 0.3) is 5.69 Å². The van der Waals surface area contributed by atoms with Crippen molar-refractivity contribution in [2.75, 3.05) is 17.7 Å². The SMILES string of the molecule is Cc1ccccc1-n1ccnc1SCC(=O)N(C)c1ccccc1C(=O)NCc1ccco1. The van der Waals surface area contributed by atoms with E-state index < -0.39 is 0 Å². The van der Waals surface area contributed by atoms with E-state index in [-0.39, 0.29) is 24.1 Å². The van der Waals surface area contributed by atoms with Crippen LogP contribution in [0, 0.1) is 6.92 Å². The van der Waals surface area contributed by atoms with Gasteiger partial charge in [0.1, 0.15) is 5.76 Å². The van der Waals surface area contributed by atoms with Gasteiger partial charge in [-0.3, -0.25) is 14.2 Å². The standard InChI is InChI=1S/C25H24N4O3S/c1-18-8-3-5-11-21(18)29-14-13-26-25(29)33-17-23(30)28(2)22-12-6-4-10-20(22)24(31)27-16-19-9-7-15-32-19/h3-15H,16-17H2,1-2H3,(H,27,31). The summed E-state index contributed by atoms with van der Waals surface area (Å²) in [7, 11) is 1.68. The Balaban J connectivity index is 1.44. The van der Waals surface area contributed by atoms with Crippen molar-refractivity contribution in [3.05, 3.63) is 96.2 Å². The van der Waals surface area contributed by atoms with Gasteiger partial charge >= 0.3 is 0 Å². The van der Waals surface area contributed by atoms with E-state index >= 15 is 0 Å². The molecule has 2 aromatic heterocycles. The third-order valence-electron chi connectivity index (χ3n) is 5.19. The molecule has 2 amide bonds. The first-order valence-corrected chi connectivity index (χ1v) is 11.4. The number of furan rings is 1. The van der Waals surface area contributed by atoms with Crippen LogP contribution in [-0.2, 0) is 11.3 Å². The highest BCUT2D eigenvalue weighted by atomic mass is 32.2. The number of imidazole rings is 1. The van der Waals surface area contributed by atoms with E-state index in [0.717, 1.165) is 16.4 Å². The summed E-state index contributed by atoms with van der Waals surface area (Å²) in [5.74, 6) is 0.433. The summed E-state index contributed by atoms with van der Waals surface area (Å²) < 4.78 is 7.24. The molecule has 33 heavy (non-hydrogen) atoms. The van der Waals surface area contributed by atoms with Crippen molar-refractivity contribution in [1.82, 2.24) is 14.9 Å². The number of nitrogens with one attached hydrogen (secondary N) is 1. The maximum Gasteiger partial charge on any atom is 0.253 e. The highest BCUT2D eigenvalue weighted by Crippen LogP contribution is 2.25. The number of nitrogens with zero attached hydrogens (tertiary/aromatic N) is 3. The zero-order chi connectivity index (χ0) is 23.2. The van der Waals surface area contributed by atoms with Gasteiger partial charge < -0.3 is 14.6 Å². The smallest absolute Gasteiger partial charge is 0.253 e. The first kappa shape index (κ1) is 22.4. The van der Waals surface area contributed by atoms with Crippen molar-refractivity contribution in [2.45, 2.75) is 18.6 Å². The number of aromatic nitrogens is 2. The number of anilines is 1. The first-order chi connectivity index (χ1) is 16.0. The van der Waals surface area contributed by atoms with E-state index in [1.54, 1.807) is 55.9 Å². The fraction of sp³-hybridized carbons (Fsp3) is 0.160. The molecule has 0 radical (unpaired) electrons. The fourth-order valence-corrected chi connectivity index (χ4v) is 4.28. The molecule has 2 aromatic carbocycles. The highest BCUT2D eigenvalue weighted by molar-refractivity contribution is 7.99. The molecular formula is C25H24N4O3S. The molecule has 4 rings (SSSR count). The van der Waals surface area contributed by atoms with Crippen molar-refractivity contribution in [3.8, 4) is 5.69 Å². The number of thioether (sulfide) groups is 1. The Labute approximate surface area is 196 Å². The highest BCUT2D eigenvalue weighted by Gasteiger charge is 2.19. The molecule has 0 saturated heterocycles. The Morgan fingerprint density at radius 1 is 1.09 bits per heavy atom. The number of hydrogen-bond donors (Lipinski definition) is 1. The van der Waals surface area contributed by atoms with Crippen LogP contribution in [0.3, 0.4) is 0 Å². The Hall–Kier alpha value is -3.78. The van der Waals surface area contributed by atoms with Gasteiger partial charge in [0.2, 0.25) is 5.91 Å². The van der Waals surface area contributed by atoms with Crippen LogP contribution in [0.15, 0.2) is 88.9 Å². The molecule has 1 N–H and O–H groups in total. The van der Waals surface area contributed by atoms with Gasteiger partial charge in [0.25, 0.3) is 5.91 Å². The molecule has 8 heteroatoms. The molecule has 0 saturated carbocycles. The predicted octanol–water partition coefficient (Wildman–Crippen LogP) is 4.46. The molecule has 0 spiro atoms. The lowest BCUT2D eigenvalue weighted by Crippen LogP contribution is -2.31. The molecule has 0 aliphatic rings.